The summed E-state index contributed by atoms with van der Waals surface area (Å²) in [5.74, 6) is -1.10. The van der Waals surface area contributed by atoms with Gasteiger partial charge in [0, 0.05) is 37.7 Å². The fourth-order valence-corrected chi connectivity index (χ4v) is 3.84. The van der Waals surface area contributed by atoms with Crippen molar-refractivity contribution >= 4 is 23.5 Å². The molecule has 1 atom stereocenters. The van der Waals surface area contributed by atoms with Gasteiger partial charge >= 0.3 is 11.9 Å². The van der Waals surface area contributed by atoms with Crippen molar-refractivity contribution in [2.45, 2.75) is 52.1 Å². The third-order valence-corrected chi connectivity index (χ3v) is 5.52. The minimum atomic E-state index is -1.10. The maximum absolute atomic E-state index is 12.5. The number of hydroxylamine groups is 2. The van der Waals surface area contributed by atoms with Crippen molar-refractivity contribution in [2.75, 3.05) is 19.7 Å². The van der Waals surface area contributed by atoms with Gasteiger partial charge in [-0.25, -0.2) is 9.59 Å². The lowest BCUT2D eigenvalue weighted by atomic mass is 10.0. The number of esters is 1. The maximum atomic E-state index is 12.5. The molecule has 8 nitrogen and oxygen atoms in total. The molecule has 0 aliphatic carbocycles. The molecule has 0 bridgehead atoms. The lowest BCUT2D eigenvalue weighted by molar-refractivity contribution is -0.204. The van der Waals surface area contributed by atoms with Gasteiger partial charge in [0.2, 0.25) is 0 Å². The Morgan fingerprint density at radius 3 is 2.59 bits per heavy atom. The molecule has 2 heterocycles. The highest BCUT2D eigenvalue weighted by Gasteiger charge is 2.27. The largest absolute Gasteiger partial charge is 0.493 e. The third-order valence-electron chi connectivity index (χ3n) is 5.31. The van der Waals surface area contributed by atoms with Crippen molar-refractivity contribution in [1.82, 2.24) is 10.0 Å². The molecule has 1 unspecified atom stereocenters. The Balaban J connectivity index is 1.73. The first-order valence-corrected chi connectivity index (χ1v) is 11.9. The average Bonchev–Trinajstić information content (AvgIpc) is 2.81. The van der Waals surface area contributed by atoms with Gasteiger partial charge in [-0.15, -0.1) is 5.06 Å². The number of halogens is 1. The molecule has 1 aliphatic rings. The van der Waals surface area contributed by atoms with E-state index in [1.807, 2.05) is 24.3 Å². The van der Waals surface area contributed by atoms with Crippen molar-refractivity contribution < 1.29 is 23.9 Å². The van der Waals surface area contributed by atoms with Gasteiger partial charge < -0.3 is 19.3 Å². The number of hydrogen-bond acceptors (Lipinski definition) is 7. The number of H-pyrrole nitrogens is 1. The Hall–Kier alpha value is -2.84. The van der Waals surface area contributed by atoms with Crippen LogP contribution in [0.25, 0.3) is 0 Å². The van der Waals surface area contributed by atoms with Gasteiger partial charge in [0.25, 0.3) is 5.56 Å². The minimum Gasteiger partial charge on any atom is -0.493 e. The Bertz CT molecular complexity index is 1030. The van der Waals surface area contributed by atoms with Gasteiger partial charge in [-0.05, 0) is 42.5 Å². The van der Waals surface area contributed by atoms with Crippen LogP contribution in [0.2, 0.25) is 5.02 Å². The average molecular weight is 491 g/mol. The predicted octanol–water partition coefficient (Wildman–Crippen LogP) is 3.70. The van der Waals surface area contributed by atoms with E-state index in [1.54, 1.807) is 0 Å². The zero-order chi connectivity index (χ0) is 24.5. The van der Waals surface area contributed by atoms with Gasteiger partial charge in [0.05, 0.1) is 11.6 Å². The summed E-state index contributed by atoms with van der Waals surface area (Å²) in [5, 5.41) is 1.84. The maximum Gasteiger partial charge on any atom is 0.436 e. The van der Waals surface area contributed by atoms with E-state index in [4.69, 9.17) is 25.9 Å². The van der Waals surface area contributed by atoms with Gasteiger partial charge in [0.15, 0.2) is 0 Å². The highest BCUT2D eigenvalue weighted by molar-refractivity contribution is 6.30. The number of hydrogen-bond donors (Lipinski definition) is 1. The van der Waals surface area contributed by atoms with Crippen molar-refractivity contribution in [2.24, 2.45) is 5.92 Å². The molecule has 2 aromatic rings. The number of ether oxygens (including phenoxy) is 2. The molecule has 1 aromatic carbocycles. The molecule has 1 aromatic heterocycles. The number of aromatic amines is 1. The summed E-state index contributed by atoms with van der Waals surface area (Å²) < 4.78 is 11.3. The number of rotatable bonds is 9. The number of nitrogens with one attached hydrogen (secondary N) is 1. The van der Waals surface area contributed by atoms with Crippen LogP contribution in [0.5, 0.6) is 5.75 Å². The first-order valence-electron chi connectivity index (χ1n) is 11.6. The molecule has 34 heavy (non-hydrogen) atoms. The highest BCUT2D eigenvalue weighted by Crippen LogP contribution is 2.19. The summed E-state index contributed by atoms with van der Waals surface area (Å²) in [5.41, 5.74) is 0.846. The monoisotopic (exact) mass is 490 g/mol. The van der Waals surface area contributed by atoms with Crippen LogP contribution in [0.15, 0.2) is 41.3 Å². The van der Waals surface area contributed by atoms with E-state index in [2.05, 4.69) is 18.8 Å². The topological polar surface area (TPSA) is 97.9 Å². The Kier molecular flexibility index (Phi) is 9.53. The molecule has 1 aliphatic heterocycles. The number of aromatic nitrogens is 1. The summed E-state index contributed by atoms with van der Waals surface area (Å²) in [4.78, 5) is 44.9. The Morgan fingerprint density at radius 2 is 1.85 bits per heavy atom. The molecule has 0 amide bonds. The normalized spacial score (nSPS) is 15.1. The van der Waals surface area contributed by atoms with Crippen LogP contribution >= 0.6 is 11.6 Å². The standard InChI is InChI=1S/C25H31ClN2O6/c1-17(2)16-32-21-8-6-7-18(11-21)12-22(14-19-13-20(26)15-27-23(19)29)33-24(30)25(31)34-28-9-4-3-5-10-28/h6-8,11,13,15,17,22H,3-5,9-10,12,14,16H2,1-2H3,(H,27,29). The molecule has 0 saturated carbocycles. The van der Waals surface area contributed by atoms with E-state index < -0.39 is 18.0 Å². The van der Waals surface area contributed by atoms with E-state index in [1.165, 1.54) is 17.3 Å². The smallest absolute Gasteiger partial charge is 0.436 e. The molecule has 184 valence electrons. The van der Waals surface area contributed by atoms with Crippen molar-refractivity contribution in [1.29, 1.82) is 0 Å². The van der Waals surface area contributed by atoms with Crippen molar-refractivity contribution in [3.63, 3.8) is 0 Å². The third kappa shape index (κ3) is 8.18. The number of piperidine rings is 1. The first-order chi connectivity index (χ1) is 16.3. The second kappa shape index (κ2) is 12.6. The molecule has 3 rings (SSSR count). The fourth-order valence-electron chi connectivity index (χ4n) is 3.65. The molecule has 9 heteroatoms. The molecule has 1 saturated heterocycles. The molecule has 1 fully saturated rings. The zero-order valence-corrected chi connectivity index (χ0v) is 20.3. The van der Waals surface area contributed by atoms with Crippen LogP contribution < -0.4 is 10.3 Å². The quantitative estimate of drug-likeness (QED) is 0.422. The summed E-state index contributed by atoms with van der Waals surface area (Å²) in [6, 6.07) is 8.95. The van der Waals surface area contributed by atoms with Crippen LogP contribution in [0.1, 0.15) is 44.2 Å². The first kappa shape index (κ1) is 25.8. The number of carbonyl (C=O) groups is 2. The van der Waals surface area contributed by atoms with Crippen LogP contribution in [-0.4, -0.2) is 47.8 Å². The van der Waals surface area contributed by atoms with E-state index in [0.717, 1.165) is 24.8 Å². The van der Waals surface area contributed by atoms with E-state index >= 15 is 0 Å². The van der Waals surface area contributed by atoms with Crippen molar-refractivity contribution in [3.8, 4) is 5.75 Å². The number of carbonyl (C=O) groups excluding carboxylic acids is 2. The number of nitrogens with zero attached hydrogens (tertiary/aromatic N) is 1. The van der Waals surface area contributed by atoms with Gasteiger partial charge in [-0.2, -0.15) is 0 Å². The van der Waals surface area contributed by atoms with E-state index in [9.17, 15) is 14.4 Å². The predicted molar refractivity (Wildman–Crippen MR) is 128 cm³/mol. The Morgan fingerprint density at radius 1 is 1.09 bits per heavy atom. The van der Waals surface area contributed by atoms with E-state index in [0.29, 0.717) is 41.9 Å². The second-order valence-corrected chi connectivity index (χ2v) is 9.26. The highest BCUT2D eigenvalue weighted by atomic mass is 35.5. The summed E-state index contributed by atoms with van der Waals surface area (Å²) >= 11 is 6.03. The van der Waals surface area contributed by atoms with E-state index in [-0.39, 0.29) is 18.4 Å². The zero-order valence-electron chi connectivity index (χ0n) is 19.6. The molecular formula is C25H31ClN2O6. The summed E-state index contributed by atoms with van der Waals surface area (Å²) in [6.07, 6.45) is 3.81. The molecule has 0 spiro atoms. The molecule has 1 N–H and O–H groups in total. The van der Waals surface area contributed by atoms with Crippen LogP contribution in [-0.2, 0) is 32.0 Å². The lowest BCUT2D eigenvalue weighted by Crippen LogP contribution is -2.37. The van der Waals surface area contributed by atoms with Gasteiger partial charge in [-0.1, -0.05) is 44.0 Å². The number of pyridine rings is 1. The molecule has 0 radical (unpaired) electrons. The lowest BCUT2D eigenvalue weighted by Gasteiger charge is -2.25. The van der Waals surface area contributed by atoms with Crippen LogP contribution in [0, 0.1) is 5.92 Å². The van der Waals surface area contributed by atoms with Gasteiger partial charge in [-0.3, -0.25) is 4.79 Å². The minimum absolute atomic E-state index is 0.0791. The summed E-state index contributed by atoms with van der Waals surface area (Å²) in [7, 11) is 0. The second-order valence-electron chi connectivity index (χ2n) is 8.83. The van der Waals surface area contributed by atoms with Crippen LogP contribution in [0.3, 0.4) is 0 Å². The Labute approximate surface area is 204 Å². The SMILES string of the molecule is CC(C)COc1cccc(CC(Cc2cc(Cl)c[nH]c2=O)OC(=O)C(=O)ON2CCCCC2)c1. The van der Waals surface area contributed by atoms with Crippen LogP contribution in [0.4, 0.5) is 0 Å². The summed E-state index contributed by atoms with van der Waals surface area (Å²) in [6.45, 7) is 5.87. The van der Waals surface area contributed by atoms with Crippen molar-refractivity contribution in [3.05, 3.63) is 63.0 Å². The fraction of sp³-hybridized carbons (Fsp3) is 0.480. The molecular weight excluding hydrogens is 460 g/mol. The van der Waals surface area contributed by atoms with Gasteiger partial charge in [0.1, 0.15) is 11.9 Å². The number of benzene rings is 1.